The summed E-state index contributed by atoms with van der Waals surface area (Å²) >= 11 is 0. The molecule has 0 saturated carbocycles. The molecule has 1 heterocycles. The van der Waals surface area contributed by atoms with Gasteiger partial charge in [0.15, 0.2) is 0 Å². The van der Waals surface area contributed by atoms with Gasteiger partial charge in [0.1, 0.15) is 11.6 Å². The molecule has 2 aromatic rings. The minimum Gasteiger partial charge on any atom is -0.493 e. The van der Waals surface area contributed by atoms with Crippen molar-refractivity contribution in [3.8, 4) is 5.75 Å². The largest absolute Gasteiger partial charge is 0.493 e. The van der Waals surface area contributed by atoms with Gasteiger partial charge in [0.2, 0.25) is 0 Å². The summed E-state index contributed by atoms with van der Waals surface area (Å²) < 4.78 is 19.0. The molecule has 2 nitrogen and oxygen atoms in total. The van der Waals surface area contributed by atoms with Crippen molar-refractivity contribution in [2.75, 3.05) is 19.7 Å². The molecule has 0 aromatic heterocycles. The Balaban J connectivity index is 1.54. The minimum absolute atomic E-state index is 0.221. The molecular formula is C20H22FNO. The topological polar surface area (TPSA) is 12.5 Å². The molecule has 0 aliphatic carbocycles. The Bertz CT molecular complexity index is 669. The molecule has 0 N–H and O–H groups in total. The van der Waals surface area contributed by atoms with Crippen LogP contribution in [0.3, 0.4) is 0 Å². The standard InChI is InChI=1S/C20H22FNO/c1-16-12-19(21)9-10-20(16)23-15-18-8-5-11-22(14-18)13-17-6-3-2-4-7-17/h2-10,12,18H,11,13-15H2,1H3. The second-order valence-corrected chi connectivity index (χ2v) is 6.09. The van der Waals surface area contributed by atoms with Gasteiger partial charge in [0, 0.05) is 25.6 Å². The smallest absolute Gasteiger partial charge is 0.123 e. The summed E-state index contributed by atoms with van der Waals surface area (Å²) in [5.41, 5.74) is 2.17. The molecule has 23 heavy (non-hydrogen) atoms. The van der Waals surface area contributed by atoms with Crippen LogP contribution in [0.15, 0.2) is 60.7 Å². The molecule has 0 saturated heterocycles. The first kappa shape index (κ1) is 15.8. The quantitative estimate of drug-likeness (QED) is 0.767. The highest BCUT2D eigenvalue weighted by atomic mass is 19.1. The van der Waals surface area contributed by atoms with Gasteiger partial charge in [0.25, 0.3) is 0 Å². The Labute approximate surface area is 137 Å². The van der Waals surface area contributed by atoms with Gasteiger partial charge in [-0.05, 0) is 36.2 Å². The molecule has 3 heteroatoms. The van der Waals surface area contributed by atoms with E-state index >= 15 is 0 Å². The number of ether oxygens (including phenoxy) is 1. The first-order valence-corrected chi connectivity index (χ1v) is 8.02. The van der Waals surface area contributed by atoms with Crippen molar-refractivity contribution < 1.29 is 9.13 Å². The van der Waals surface area contributed by atoms with Gasteiger partial charge in [0.05, 0.1) is 6.61 Å². The van der Waals surface area contributed by atoms with Crippen molar-refractivity contribution >= 4 is 0 Å². The molecular weight excluding hydrogens is 289 g/mol. The van der Waals surface area contributed by atoms with E-state index in [1.165, 1.54) is 17.7 Å². The molecule has 120 valence electrons. The summed E-state index contributed by atoms with van der Waals surface area (Å²) in [6, 6.07) is 15.2. The van der Waals surface area contributed by atoms with E-state index in [-0.39, 0.29) is 5.82 Å². The van der Waals surface area contributed by atoms with Crippen molar-refractivity contribution in [3.05, 3.63) is 77.6 Å². The lowest BCUT2D eigenvalue weighted by Crippen LogP contribution is -2.34. The van der Waals surface area contributed by atoms with E-state index in [0.717, 1.165) is 30.9 Å². The van der Waals surface area contributed by atoms with Crippen LogP contribution in [0.25, 0.3) is 0 Å². The number of rotatable bonds is 5. The molecule has 1 atom stereocenters. The van der Waals surface area contributed by atoms with Crippen LogP contribution < -0.4 is 4.74 Å². The average molecular weight is 311 g/mol. The molecule has 0 radical (unpaired) electrons. The number of halogens is 1. The van der Waals surface area contributed by atoms with Crippen molar-refractivity contribution in [1.82, 2.24) is 4.90 Å². The zero-order valence-electron chi connectivity index (χ0n) is 13.4. The zero-order chi connectivity index (χ0) is 16.1. The highest BCUT2D eigenvalue weighted by Crippen LogP contribution is 2.20. The minimum atomic E-state index is -0.221. The lowest BCUT2D eigenvalue weighted by Gasteiger charge is -2.29. The first-order chi connectivity index (χ1) is 11.2. The van der Waals surface area contributed by atoms with Crippen LogP contribution in [0.1, 0.15) is 11.1 Å². The summed E-state index contributed by atoms with van der Waals surface area (Å²) in [5.74, 6) is 0.901. The summed E-state index contributed by atoms with van der Waals surface area (Å²) in [6.07, 6.45) is 4.43. The van der Waals surface area contributed by atoms with Crippen LogP contribution in [0, 0.1) is 18.7 Å². The maximum absolute atomic E-state index is 13.1. The first-order valence-electron chi connectivity index (χ1n) is 8.02. The highest BCUT2D eigenvalue weighted by molar-refractivity contribution is 5.32. The molecule has 1 aliphatic heterocycles. The Morgan fingerprint density at radius 2 is 2.00 bits per heavy atom. The monoisotopic (exact) mass is 311 g/mol. The second kappa shape index (κ2) is 7.42. The molecule has 0 amide bonds. The summed E-state index contributed by atoms with van der Waals surface area (Å²) in [6.45, 7) is 5.40. The summed E-state index contributed by atoms with van der Waals surface area (Å²) in [7, 11) is 0. The predicted octanol–water partition coefficient (Wildman–Crippen LogP) is 4.20. The molecule has 0 fully saturated rings. The molecule has 2 aromatic carbocycles. The number of aryl methyl sites for hydroxylation is 1. The fraction of sp³-hybridized carbons (Fsp3) is 0.300. The molecule has 0 bridgehead atoms. The Morgan fingerprint density at radius 3 is 2.78 bits per heavy atom. The van der Waals surface area contributed by atoms with Crippen LogP contribution in [0.5, 0.6) is 5.75 Å². The lowest BCUT2D eigenvalue weighted by atomic mass is 10.1. The fourth-order valence-corrected chi connectivity index (χ4v) is 2.92. The Morgan fingerprint density at radius 1 is 1.17 bits per heavy atom. The number of nitrogens with zero attached hydrogens (tertiary/aromatic N) is 1. The summed E-state index contributed by atoms with van der Waals surface area (Å²) in [5, 5.41) is 0. The van der Waals surface area contributed by atoms with E-state index in [9.17, 15) is 4.39 Å². The SMILES string of the molecule is Cc1cc(F)ccc1OCC1C=CCN(Cc2ccccc2)C1. The number of hydrogen-bond acceptors (Lipinski definition) is 2. The van der Waals surface area contributed by atoms with Crippen molar-refractivity contribution in [1.29, 1.82) is 0 Å². The van der Waals surface area contributed by atoms with Crippen LogP contribution in [0.4, 0.5) is 4.39 Å². The van der Waals surface area contributed by atoms with Crippen molar-refractivity contribution in [2.24, 2.45) is 5.92 Å². The van der Waals surface area contributed by atoms with Gasteiger partial charge in [-0.15, -0.1) is 0 Å². The maximum atomic E-state index is 13.1. The summed E-state index contributed by atoms with van der Waals surface area (Å²) in [4.78, 5) is 2.42. The van der Waals surface area contributed by atoms with E-state index in [1.54, 1.807) is 6.07 Å². The normalized spacial score (nSPS) is 18.1. The van der Waals surface area contributed by atoms with Crippen LogP contribution in [-0.2, 0) is 6.54 Å². The number of hydrogen-bond donors (Lipinski definition) is 0. The third-order valence-corrected chi connectivity index (χ3v) is 4.10. The van der Waals surface area contributed by atoms with Crippen LogP contribution in [0.2, 0.25) is 0 Å². The highest BCUT2D eigenvalue weighted by Gasteiger charge is 2.16. The molecule has 0 spiro atoms. The fourth-order valence-electron chi connectivity index (χ4n) is 2.92. The van der Waals surface area contributed by atoms with Crippen LogP contribution in [-0.4, -0.2) is 24.6 Å². The third kappa shape index (κ3) is 4.42. The van der Waals surface area contributed by atoms with Crippen LogP contribution >= 0.6 is 0 Å². The average Bonchev–Trinajstić information content (AvgIpc) is 2.55. The van der Waals surface area contributed by atoms with Gasteiger partial charge in [-0.3, -0.25) is 4.90 Å². The Hall–Kier alpha value is -2.13. The lowest BCUT2D eigenvalue weighted by molar-refractivity contribution is 0.195. The van der Waals surface area contributed by atoms with E-state index in [2.05, 4.69) is 41.3 Å². The second-order valence-electron chi connectivity index (χ2n) is 6.09. The van der Waals surface area contributed by atoms with Crippen molar-refractivity contribution in [2.45, 2.75) is 13.5 Å². The van der Waals surface area contributed by atoms with Crippen molar-refractivity contribution in [3.63, 3.8) is 0 Å². The third-order valence-electron chi connectivity index (χ3n) is 4.10. The molecule has 3 rings (SSSR count). The zero-order valence-corrected chi connectivity index (χ0v) is 13.4. The molecule has 1 aliphatic rings. The van der Waals surface area contributed by atoms with Gasteiger partial charge >= 0.3 is 0 Å². The van der Waals surface area contributed by atoms with Gasteiger partial charge < -0.3 is 4.74 Å². The van der Waals surface area contributed by atoms with Gasteiger partial charge in [-0.1, -0.05) is 42.5 Å². The van der Waals surface area contributed by atoms with Gasteiger partial charge in [-0.2, -0.15) is 0 Å². The number of benzene rings is 2. The maximum Gasteiger partial charge on any atom is 0.123 e. The van der Waals surface area contributed by atoms with E-state index < -0.39 is 0 Å². The Kier molecular flexibility index (Phi) is 5.09. The van der Waals surface area contributed by atoms with E-state index in [0.29, 0.717) is 12.5 Å². The van der Waals surface area contributed by atoms with E-state index in [4.69, 9.17) is 4.74 Å². The molecule has 1 unspecified atom stereocenters. The van der Waals surface area contributed by atoms with Gasteiger partial charge in [-0.25, -0.2) is 4.39 Å². The predicted molar refractivity (Wildman–Crippen MR) is 91.0 cm³/mol. The van der Waals surface area contributed by atoms with E-state index in [1.807, 2.05) is 13.0 Å².